The van der Waals surface area contributed by atoms with Gasteiger partial charge in [0.15, 0.2) is 17.1 Å². The number of hydrogen-bond acceptors (Lipinski definition) is 6. The highest BCUT2D eigenvalue weighted by Crippen LogP contribution is 2.35. The Bertz CT molecular complexity index is 1430. The van der Waals surface area contributed by atoms with E-state index in [1.807, 2.05) is 20.8 Å². The maximum Gasteiger partial charge on any atom is 0.231 e. The van der Waals surface area contributed by atoms with Crippen LogP contribution in [0, 0.1) is 19.7 Å². The van der Waals surface area contributed by atoms with Gasteiger partial charge in [0.2, 0.25) is 18.6 Å². The molecule has 1 aliphatic rings. The van der Waals surface area contributed by atoms with Crippen LogP contribution in [0.5, 0.6) is 17.4 Å². The van der Waals surface area contributed by atoms with Crippen LogP contribution in [0.15, 0.2) is 42.5 Å². The molecule has 0 bridgehead atoms. The highest BCUT2D eigenvalue weighted by Gasteiger charge is 2.21. The molecule has 2 aromatic heterocycles. The first-order chi connectivity index (χ1) is 16.9. The molecular weight excluding hydrogens is 451 g/mol. The fourth-order valence-electron chi connectivity index (χ4n) is 4.31. The Morgan fingerprint density at radius 2 is 2.00 bits per heavy atom. The Kier molecular flexibility index (Phi) is 5.98. The molecule has 1 N–H and O–H groups in total. The Morgan fingerprint density at radius 1 is 1.17 bits per heavy atom. The second-order valence-electron chi connectivity index (χ2n) is 8.25. The van der Waals surface area contributed by atoms with Crippen molar-refractivity contribution in [2.75, 3.05) is 18.7 Å². The number of anilines is 1. The van der Waals surface area contributed by atoms with E-state index >= 15 is 0 Å². The Balaban J connectivity index is 1.43. The number of carbonyl (C=O) groups excluding carboxylic acids is 1. The first-order valence-electron chi connectivity index (χ1n) is 11.4. The maximum atomic E-state index is 13.9. The van der Waals surface area contributed by atoms with Gasteiger partial charge in [0.05, 0.1) is 18.0 Å². The van der Waals surface area contributed by atoms with E-state index < -0.39 is 0 Å². The molecule has 0 atom stereocenters. The quantitative estimate of drug-likeness (QED) is 0.409. The van der Waals surface area contributed by atoms with Crippen LogP contribution in [0.3, 0.4) is 0 Å². The molecule has 9 heteroatoms. The highest BCUT2D eigenvalue weighted by atomic mass is 19.1. The van der Waals surface area contributed by atoms with E-state index in [0.717, 1.165) is 22.2 Å². The smallest absolute Gasteiger partial charge is 0.231 e. The van der Waals surface area contributed by atoms with Crippen LogP contribution >= 0.6 is 0 Å². The van der Waals surface area contributed by atoms with Gasteiger partial charge in [-0.2, -0.15) is 10.1 Å². The number of benzene rings is 2. The van der Waals surface area contributed by atoms with Crippen LogP contribution in [0.1, 0.15) is 30.2 Å². The summed E-state index contributed by atoms with van der Waals surface area (Å²) in [5.74, 6) is 1.23. The molecule has 5 rings (SSSR count). The number of fused-ring (bicyclic) bond motifs is 2. The van der Waals surface area contributed by atoms with Gasteiger partial charge in [-0.3, -0.25) is 4.79 Å². The van der Waals surface area contributed by atoms with Crippen LogP contribution in [-0.2, 0) is 11.2 Å². The van der Waals surface area contributed by atoms with Crippen molar-refractivity contribution >= 4 is 22.6 Å². The number of aryl methyl sites for hydroxylation is 2. The SMILES string of the molecule is CCOc1nc2c(c(C)nn2-c2cccc(F)c2)c(C)c1CCC(=O)Nc1ccc2c(c1)OCO2. The number of halogens is 1. The van der Waals surface area contributed by atoms with Crippen molar-refractivity contribution in [3.63, 3.8) is 0 Å². The van der Waals surface area contributed by atoms with Gasteiger partial charge in [0, 0.05) is 29.1 Å². The first kappa shape index (κ1) is 22.6. The molecule has 2 aromatic carbocycles. The minimum atomic E-state index is -0.351. The van der Waals surface area contributed by atoms with Crippen molar-refractivity contribution < 1.29 is 23.4 Å². The van der Waals surface area contributed by atoms with Gasteiger partial charge in [0.1, 0.15) is 5.82 Å². The van der Waals surface area contributed by atoms with Crippen molar-refractivity contribution in [1.29, 1.82) is 0 Å². The predicted molar refractivity (Wildman–Crippen MR) is 129 cm³/mol. The van der Waals surface area contributed by atoms with Crippen LogP contribution in [0.2, 0.25) is 0 Å². The first-order valence-corrected chi connectivity index (χ1v) is 11.4. The average Bonchev–Trinajstić information content (AvgIpc) is 3.43. The molecule has 0 saturated heterocycles. The zero-order chi connectivity index (χ0) is 24.5. The number of ether oxygens (including phenoxy) is 3. The molecule has 180 valence electrons. The van der Waals surface area contributed by atoms with Gasteiger partial charge in [0.25, 0.3) is 0 Å². The van der Waals surface area contributed by atoms with Crippen LogP contribution in [0.4, 0.5) is 10.1 Å². The summed E-state index contributed by atoms with van der Waals surface area (Å²) >= 11 is 0. The molecule has 4 aromatic rings. The van der Waals surface area contributed by atoms with Crippen LogP contribution < -0.4 is 19.5 Å². The van der Waals surface area contributed by atoms with E-state index in [9.17, 15) is 9.18 Å². The Labute approximate surface area is 201 Å². The highest BCUT2D eigenvalue weighted by molar-refractivity contribution is 5.91. The molecule has 0 radical (unpaired) electrons. The number of aromatic nitrogens is 3. The summed E-state index contributed by atoms with van der Waals surface area (Å²) in [7, 11) is 0. The van der Waals surface area contributed by atoms with Gasteiger partial charge in [-0.1, -0.05) is 6.07 Å². The molecule has 1 amide bonds. The second kappa shape index (κ2) is 9.25. The lowest BCUT2D eigenvalue weighted by Gasteiger charge is -2.14. The molecule has 8 nitrogen and oxygen atoms in total. The molecule has 0 saturated carbocycles. The fourth-order valence-corrected chi connectivity index (χ4v) is 4.31. The lowest BCUT2D eigenvalue weighted by Crippen LogP contribution is -2.13. The third-order valence-corrected chi connectivity index (χ3v) is 5.92. The van der Waals surface area contributed by atoms with E-state index in [2.05, 4.69) is 10.4 Å². The van der Waals surface area contributed by atoms with Gasteiger partial charge >= 0.3 is 0 Å². The molecule has 3 heterocycles. The third kappa shape index (κ3) is 4.37. The molecule has 1 aliphatic heterocycles. The van der Waals surface area contributed by atoms with E-state index in [-0.39, 0.29) is 24.9 Å². The number of pyridine rings is 1. The van der Waals surface area contributed by atoms with E-state index in [1.165, 1.54) is 12.1 Å². The number of nitrogens with one attached hydrogen (secondary N) is 1. The summed E-state index contributed by atoms with van der Waals surface area (Å²) < 4.78 is 32.0. The Morgan fingerprint density at radius 3 is 2.80 bits per heavy atom. The largest absolute Gasteiger partial charge is 0.478 e. The lowest BCUT2D eigenvalue weighted by atomic mass is 10.0. The van der Waals surface area contributed by atoms with Gasteiger partial charge in [-0.15, -0.1) is 0 Å². The van der Waals surface area contributed by atoms with E-state index in [0.29, 0.717) is 47.4 Å². The van der Waals surface area contributed by atoms with E-state index in [1.54, 1.807) is 35.0 Å². The summed E-state index contributed by atoms with van der Waals surface area (Å²) in [6.45, 7) is 6.34. The minimum absolute atomic E-state index is 0.141. The Hall–Kier alpha value is -4.14. The molecule has 0 aliphatic carbocycles. The van der Waals surface area contributed by atoms with Crippen molar-refractivity contribution in [3.8, 4) is 23.1 Å². The number of carbonyl (C=O) groups is 1. The third-order valence-electron chi connectivity index (χ3n) is 5.92. The zero-order valence-corrected chi connectivity index (χ0v) is 19.7. The topological polar surface area (TPSA) is 87.5 Å². The van der Waals surface area contributed by atoms with Gasteiger partial charge in [-0.25, -0.2) is 9.07 Å². The molecular formula is C26H25FN4O4. The van der Waals surface area contributed by atoms with Crippen LogP contribution in [0.25, 0.3) is 16.7 Å². The normalized spacial score (nSPS) is 12.2. The van der Waals surface area contributed by atoms with Crippen molar-refractivity contribution in [1.82, 2.24) is 14.8 Å². The number of amides is 1. The molecule has 35 heavy (non-hydrogen) atoms. The summed E-state index contributed by atoms with van der Waals surface area (Å²) in [4.78, 5) is 17.5. The maximum absolute atomic E-state index is 13.9. The average molecular weight is 477 g/mol. The second-order valence-corrected chi connectivity index (χ2v) is 8.25. The van der Waals surface area contributed by atoms with E-state index in [4.69, 9.17) is 19.2 Å². The number of nitrogens with zero attached hydrogens (tertiary/aromatic N) is 3. The number of rotatable bonds is 7. The van der Waals surface area contributed by atoms with Crippen LogP contribution in [-0.4, -0.2) is 34.1 Å². The zero-order valence-electron chi connectivity index (χ0n) is 19.7. The summed E-state index contributed by atoms with van der Waals surface area (Å²) in [6.07, 6.45) is 0.671. The lowest BCUT2D eigenvalue weighted by molar-refractivity contribution is -0.116. The van der Waals surface area contributed by atoms with Gasteiger partial charge in [-0.05, 0) is 63.1 Å². The molecule has 0 spiro atoms. The molecule has 0 unspecified atom stereocenters. The summed E-state index contributed by atoms with van der Waals surface area (Å²) in [5, 5.41) is 8.38. The predicted octanol–water partition coefficient (Wildman–Crippen LogP) is 4.88. The summed E-state index contributed by atoms with van der Waals surface area (Å²) in [6, 6.07) is 11.5. The van der Waals surface area contributed by atoms with Gasteiger partial charge < -0.3 is 19.5 Å². The molecule has 0 fully saturated rings. The minimum Gasteiger partial charge on any atom is -0.478 e. The fraction of sp³-hybridized carbons (Fsp3) is 0.269. The van der Waals surface area contributed by atoms with Crippen molar-refractivity contribution in [2.45, 2.75) is 33.6 Å². The summed E-state index contributed by atoms with van der Waals surface area (Å²) in [5.41, 5.74) is 4.36. The number of hydrogen-bond donors (Lipinski definition) is 1. The van der Waals surface area contributed by atoms with Crippen molar-refractivity contribution in [2.24, 2.45) is 0 Å². The van der Waals surface area contributed by atoms with Crippen molar-refractivity contribution in [3.05, 3.63) is 65.1 Å². The standard InChI is InChI=1S/C26H25FN4O4/c1-4-33-26-20(9-11-23(32)28-18-8-10-21-22(13-18)35-14-34-21)15(2)24-16(3)30-31(25(24)29-26)19-7-5-6-17(27)12-19/h5-8,10,12-13H,4,9,11,14H2,1-3H3,(H,28,32). The monoisotopic (exact) mass is 476 g/mol.